The molecule has 0 heterocycles. The molecule has 6 nitrogen and oxygen atoms in total. The van der Waals surface area contributed by atoms with Crippen molar-refractivity contribution in [3.8, 4) is 0 Å². The lowest BCUT2D eigenvalue weighted by atomic mass is 10.0. The molecule has 2 atom stereocenters. The van der Waals surface area contributed by atoms with Crippen LogP contribution in [0.15, 0.2) is 24.3 Å². The van der Waals surface area contributed by atoms with Crippen LogP contribution in [0.1, 0.15) is 418 Å². The van der Waals surface area contributed by atoms with Crippen molar-refractivity contribution in [3.63, 3.8) is 0 Å². The average molecular weight is 1140 g/mol. The second kappa shape index (κ2) is 70.8. The number of unbranched alkanes of at least 4 members (excludes halogenated alkanes) is 55. The van der Waals surface area contributed by atoms with E-state index in [1.807, 2.05) is 0 Å². The van der Waals surface area contributed by atoms with Crippen LogP contribution in [0.25, 0.3) is 0 Å². The van der Waals surface area contributed by atoms with Crippen molar-refractivity contribution >= 4 is 11.9 Å². The Hall–Kier alpha value is -1.66. The molecule has 0 rings (SSSR count). The maximum atomic E-state index is 12.5. The van der Waals surface area contributed by atoms with Gasteiger partial charge in [-0.1, -0.05) is 353 Å². The summed E-state index contributed by atoms with van der Waals surface area (Å²) in [4.78, 5) is 24.6. The predicted octanol–water partition coefficient (Wildman–Crippen LogP) is 24.1. The first-order chi connectivity index (χ1) is 40.0. The van der Waals surface area contributed by atoms with Gasteiger partial charge in [-0.3, -0.25) is 9.59 Å². The van der Waals surface area contributed by atoms with E-state index < -0.39 is 12.1 Å². The molecular formula is C75H145NO5. The van der Waals surface area contributed by atoms with Crippen molar-refractivity contribution in [3.05, 3.63) is 24.3 Å². The third kappa shape index (κ3) is 67.3. The lowest BCUT2D eigenvalue weighted by Crippen LogP contribution is -2.45. The Morgan fingerprint density at radius 2 is 0.580 bits per heavy atom. The van der Waals surface area contributed by atoms with Gasteiger partial charge in [0.05, 0.1) is 25.4 Å². The van der Waals surface area contributed by atoms with Crippen molar-refractivity contribution in [2.45, 2.75) is 431 Å². The Balaban J connectivity index is 3.29. The molecule has 0 aromatic heterocycles. The van der Waals surface area contributed by atoms with Gasteiger partial charge in [0.1, 0.15) is 0 Å². The van der Waals surface area contributed by atoms with Crippen molar-refractivity contribution in [2.24, 2.45) is 0 Å². The zero-order valence-electron chi connectivity index (χ0n) is 55.0. The number of aliphatic hydroxyl groups is 2. The zero-order valence-corrected chi connectivity index (χ0v) is 55.0. The molecule has 0 aliphatic rings. The number of nitrogens with one attached hydrogen (secondary N) is 1. The van der Waals surface area contributed by atoms with Gasteiger partial charge in [-0.2, -0.15) is 0 Å². The normalized spacial score (nSPS) is 12.6. The van der Waals surface area contributed by atoms with Crippen LogP contribution in [0.5, 0.6) is 0 Å². The first kappa shape index (κ1) is 79.3. The van der Waals surface area contributed by atoms with Gasteiger partial charge in [0.25, 0.3) is 0 Å². The molecule has 0 spiro atoms. The highest BCUT2D eigenvalue weighted by atomic mass is 16.5. The SMILES string of the molecule is CCCCCCCC/C=C\CCCCCCCCCC(=O)OCCCCCCCCCCCCCCCCCC/C=C\CCCCCCCCCCCCCCCCCCCC(=O)NC(CO)C(O)CCCCCCCCCCCC. The molecule has 1 amide bonds. The van der Waals surface area contributed by atoms with Crippen LogP contribution in [0.2, 0.25) is 0 Å². The van der Waals surface area contributed by atoms with Gasteiger partial charge < -0.3 is 20.3 Å². The lowest BCUT2D eigenvalue weighted by molar-refractivity contribution is -0.143. The van der Waals surface area contributed by atoms with E-state index in [4.69, 9.17) is 4.74 Å². The second-order valence-electron chi connectivity index (χ2n) is 25.6. The van der Waals surface area contributed by atoms with Crippen molar-refractivity contribution < 1.29 is 24.5 Å². The van der Waals surface area contributed by atoms with Crippen LogP contribution in [0.4, 0.5) is 0 Å². The molecule has 0 aromatic rings. The number of aliphatic hydroxyl groups excluding tert-OH is 2. The molecule has 3 N–H and O–H groups in total. The summed E-state index contributed by atoms with van der Waals surface area (Å²) in [6, 6.07) is -0.536. The number of ether oxygens (including phenoxy) is 1. The Kier molecular flexibility index (Phi) is 69.4. The number of esters is 1. The maximum absolute atomic E-state index is 12.5. The summed E-state index contributed by atoms with van der Waals surface area (Å²) >= 11 is 0. The first-order valence-electron chi connectivity index (χ1n) is 37.1. The molecule has 0 aliphatic heterocycles. The van der Waals surface area contributed by atoms with E-state index >= 15 is 0 Å². The number of hydrogen-bond acceptors (Lipinski definition) is 5. The van der Waals surface area contributed by atoms with E-state index in [0.29, 0.717) is 25.9 Å². The van der Waals surface area contributed by atoms with Crippen LogP contribution >= 0.6 is 0 Å². The monoisotopic (exact) mass is 1140 g/mol. The largest absolute Gasteiger partial charge is 0.466 e. The molecule has 480 valence electrons. The van der Waals surface area contributed by atoms with Crippen LogP contribution in [-0.2, 0) is 14.3 Å². The summed E-state index contributed by atoms with van der Waals surface area (Å²) in [6.45, 7) is 4.97. The fourth-order valence-electron chi connectivity index (χ4n) is 11.8. The van der Waals surface area contributed by atoms with E-state index in [-0.39, 0.29) is 18.5 Å². The lowest BCUT2D eigenvalue weighted by Gasteiger charge is -2.22. The standard InChI is InChI=1S/C75H145NO5/c1-3-5-7-9-11-13-15-16-17-39-43-46-49-53-57-61-65-69-75(80)81-70-66-62-58-54-50-47-44-41-38-36-34-32-30-28-26-24-22-20-18-19-21-23-25-27-29-31-33-35-37-40-42-45-48-52-56-60-64-68-74(79)76-72(71-77)73(78)67-63-59-55-51-14-12-10-8-6-4-2/h16-18,20,72-73,77-78H,3-15,19,21-71H2,1-2H3,(H,76,79)/b17-16-,20-18-. The van der Waals surface area contributed by atoms with Crippen LogP contribution in [-0.4, -0.2) is 47.4 Å². The number of amides is 1. The van der Waals surface area contributed by atoms with Gasteiger partial charge in [-0.05, 0) is 77.0 Å². The number of rotatable bonds is 70. The molecule has 0 bridgehead atoms. The average Bonchev–Trinajstić information content (AvgIpc) is 3.47. The molecule has 6 heteroatoms. The number of allylic oxidation sites excluding steroid dienone is 4. The van der Waals surface area contributed by atoms with Gasteiger partial charge in [-0.25, -0.2) is 0 Å². The van der Waals surface area contributed by atoms with E-state index in [1.54, 1.807) is 0 Å². The van der Waals surface area contributed by atoms with Crippen LogP contribution < -0.4 is 5.32 Å². The molecule has 0 aromatic carbocycles. The Labute approximate surface area is 507 Å². The molecule has 0 saturated heterocycles. The summed E-state index contributed by atoms with van der Waals surface area (Å²) in [5.41, 5.74) is 0. The first-order valence-corrected chi connectivity index (χ1v) is 37.1. The van der Waals surface area contributed by atoms with Crippen LogP contribution in [0, 0.1) is 0 Å². The molecule has 2 unspecified atom stereocenters. The predicted molar refractivity (Wildman–Crippen MR) is 356 cm³/mol. The van der Waals surface area contributed by atoms with E-state index in [1.165, 1.54) is 347 Å². The fourth-order valence-corrected chi connectivity index (χ4v) is 11.8. The fraction of sp³-hybridized carbons (Fsp3) is 0.920. The van der Waals surface area contributed by atoms with E-state index in [2.05, 4.69) is 43.5 Å². The van der Waals surface area contributed by atoms with Crippen molar-refractivity contribution in [1.82, 2.24) is 5.32 Å². The molecule has 0 saturated carbocycles. The van der Waals surface area contributed by atoms with E-state index in [9.17, 15) is 19.8 Å². The smallest absolute Gasteiger partial charge is 0.305 e. The summed E-state index contributed by atoms with van der Waals surface area (Å²) in [7, 11) is 0. The van der Waals surface area contributed by atoms with Gasteiger partial charge >= 0.3 is 5.97 Å². The second-order valence-corrected chi connectivity index (χ2v) is 25.6. The Bertz CT molecular complexity index is 1270. The maximum Gasteiger partial charge on any atom is 0.305 e. The number of carbonyl (C=O) groups excluding carboxylic acids is 2. The van der Waals surface area contributed by atoms with E-state index in [0.717, 1.165) is 38.5 Å². The Morgan fingerprint density at radius 3 is 0.877 bits per heavy atom. The van der Waals surface area contributed by atoms with Crippen molar-refractivity contribution in [2.75, 3.05) is 13.2 Å². The minimum Gasteiger partial charge on any atom is -0.466 e. The zero-order chi connectivity index (χ0) is 58.5. The highest BCUT2D eigenvalue weighted by Crippen LogP contribution is 2.19. The minimum absolute atomic E-state index is 0.0187. The number of hydrogen-bond donors (Lipinski definition) is 3. The minimum atomic E-state index is -0.659. The highest BCUT2D eigenvalue weighted by Gasteiger charge is 2.20. The Morgan fingerprint density at radius 1 is 0.333 bits per heavy atom. The number of carbonyl (C=O) groups is 2. The molecule has 0 aliphatic carbocycles. The molecule has 0 radical (unpaired) electrons. The summed E-state index contributed by atoms with van der Waals surface area (Å²) in [6.07, 6.45) is 89.8. The van der Waals surface area contributed by atoms with Crippen LogP contribution in [0.3, 0.4) is 0 Å². The quantitative estimate of drug-likeness (QED) is 0.0320. The molecular weight excluding hydrogens is 995 g/mol. The topological polar surface area (TPSA) is 95.9 Å². The molecule has 81 heavy (non-hydrogen) atoms. The van der Waals surface area contributed by atoms with Gasteiger partial charge in [0.15, 0.2) is 0 Å². The van der Waals surface area contributed by atoms with Crippen molar-refractivity contribution in [1.29, 1.82) is 0 Å². The highest BCUT2D eigenvalue weighted by molar-refractivity contribution is 5.76. The summed E-state index contributed by atoms with van der Waals surface area (Å²) < 4.78 is 5.51. The van der Waals surface area contributed by atoms with Gasteiger partial charge in [0.2, 0.25) is 5.91 Å². The third-order valence-corrected chi connectivity index (χ3v) is 17.5. The molecule has 0 fully saturated rings. The van der Waals surface area contributed by atoms with Gasteiger partial charge in [-0.15, -0.1) is 0 Å². The summed E-state index contributed by atoms with van der Waals surface area (Å²) in [5, 5.41) is 23.2. The third-order valence-electron chi connectivity index (χ3n) is 17.5. The van der Waals surface area contributed by atoms with Gasteiger partial charge in [0, 0.05) is 12.8 Å². The summed E-state index contributed by atoms with van der Waals surface area (Å²) in [5.74, 6) is -0.0119.